The molecule has 0 aliphatic carbocycles. The third-order valence-corrected chi connectivity index (χ3v) is 8.02. The molecule has 2 heterocycles. The molecule has 144 valence electrons. The number of ether oxygens (including phenoxy) is 1. The molecular formula is C18H25BrN2O4S. The predicted molar refractivity (Wildman–Crippen MR) is 103 cm³/mol. The van der Waals surface area contributed by atoms with Crippen molar-refractivity contribution in [1.82, 2.24) is 9.21 Å². The Morgan fingerprint density at radius 1 is 1.23 bits per heavy atom. The number of benzene rings is 1. The highest BCUT2D eigenvalue weighted by Gasteiger charge is 2.31. The first-order chi connectivity index (χ1) is 12.4. The van der Waals surface area contributed by atoms with Gasteiger partial charge in [0, 0.05) is 35.7 Å². The molecule has 8 heteroatoms. The first-order valence-corrected chi connectivity index (χ1v) is 11.4. The Morgan fingerprint density at radius 2 is 1.96 bits per heavy atom. The van der Waals surface area contributed by atoms with Gasteiger partial charge in [-0.15, -0.1) is 0 Å². The molecule has 1 atom stereocenters. The van der Waals surface area contributed by atoms with Crippen molar-refractivity contribution in [3.8, 4) is 0 Å². The van der Waals surface area contributed by atoms with E-state index in [4.69, 9.17) is 4.74 Å². The first-order valence-electron chi connectivity index (χ1n) is 9.13. The normalized spacial score (nSPS) is 22.4. The summed E-state index contributed by atoms with van der Waals surface area (Å²) in [5.74, 6) is -0.0810. The number of hydrogen-bond donors (Lipinski definition) is 0. The zero-order valence-corrected chi connectivity index (χ0v) is 17.4. The van der Waals surface area contributed by atoms with Crippen LogP contribution in [0.15, 0.2) is 27.6 Å². The number of carbonyl (C=O) groups excluding carboxylic acids is 1. The summed E-state index contributed by atoms with van der Waals surface area (Å²) < 4.78 is 33.1. The van der Waals surface area contributed by atoms with Gasteiger partial charge in [0.1, 0.15) is 0 Å². The smallest absolute Gasteiger partial charge is 0.254 e. The molecule has 2 fully saturated rings. The summed E-state index contributed by atoms with van der Waals surface area (Å²) in [6.45, 7) is 4.27. The summed E-state index contributed by atoms with van der Waals surface area (Å²) in [7, 11) is -3.66. The monoisotopic (exact) mass is 444 g/mol. The van der Waals surface area contributed by atoms with Crippen LogP contribution in [0.3, 0.4) is 0 Å². The largest absolute Gasteiger partial charge is 0.379 e. The van der Waals surface area contributed by atoms with E-state index in [1.807, 2.05) is 4.90 Å². The van der Waals surface area contributed by atoms with Crippen molar-refractivity contribution in [2.24, 2.45) is 0 Å². The number of halogens is 1. The fourth-order valence-electron chi connectivity index (χ4n) is 3.62. The summed E-state index contributed by atoms with van der Waals surface area (Å²) in [4.78, 5) is 15.1. The first kappa shape index (κ1) is 19.8. The van der Waals surface area contributed by atoms with Crippen LogP contribution in [0.1, 0.15) is 43.0 Å². The molecule has 1 aromatic rings. The van der Waals surface area contributed by atoms with Gasteiger partial charge >= 0.3 is 0 Å². The van der Waals surface area contributed by atoms with Gasteiger partial charge in [-0.2, -0.15) is 4.31 Å². The Hall–Kier alpha value is -0.960. The highest BCUT2D eigenvalue weighted by Crippen LogP contribution is 2.29. The van der Waals surface area contributed by atoms with E-state index < -0.39 is 10.0 Å². The van der Waals surface area contributed by atoms with Crippen molar-refractivity contribution in [2.75, 3.05) is 32.8 Å². The Labute approximate surface area is 163 Å². The Kier molecular flexibility index (Phi) is 6.37. The molecule has 2 saturated heterocycles. The standard InChI is InChI=1S/C18H25BrN2O4S/c1-2-15-5-3-4-8-21(15)18(22)14-6-7-16(19)17(13-14)26(23,24)20-9-11-25-12-10-20/h6-7,13,15H,2-5,8-12H2,1H3. The number of sulfonamides is 1. The molecule has 0 aromatic heterocycles. The molecule has 1 unspecified atom stereocenters. The second-order valence-corrected chi connectivity index (χ2v) is 9.48. The number of morpholine rings is 1. The van der Waals surface area contributed by atoms with E-state index in [1.54, 1.807) is 12.1 Å². The number of piperidine rings is 1. The molecule has 1 amide bonds. The van der Waals surface area contributed by atoms with Gasteiger partial charge in [0.25, 0.3) is 5.91 Å². The minimum atomic E-state index is -3.66. The number of nitrogens with zero attached hydrogens (tertiary/aromatic N) is 2. The molecule has 2 aliphatic rings. The van der Waals surface area contributed by atoms with E-state index in [-0.39, 0.29) is 16.8 Å². The second kappa shape index (κ2) is 8.37. The van der Waals surface area contributed by atoms with Crippen molar-refractivity contribution in [2.45, 2.75) is 43.5 Å². The van der Waals surface area contributed by atoms with Crippen molar-refractivity contribution in [1.29, 1.82) is 0 Å². The molecule has 0 bridgehead atoms. The third-order valence-electron chi connectivity index (χ3n) is 5.13. The fourth-order valence-corrected chi connectivity index (χ4v) is 5.98. The fraction of sp³-hybridized carbons (Fsp3) is 0.611. The lowest BCUT2D eigenvalue weighted by atomic mass is 9.99. The molecule has 0 spiro atoms. The van der Waals surface area contributed by atoms with Gasteiger partial charge in [-0.1, -0.05) is 6.92 Å². The number of hydrogen-bond acceptors (Lipinski definition) is 4. The lowest BCUT2D eigenvalue weighted by Crippen LogP contribution is -2.43. The van der Waals surface area contributed by atoms with Crippen LogP contribution in [0.2, 0.25) is 0 Å². The molecule has 2 aliphatic heterocycles. The topological polar surface area (TPSA) is 66.9 Å². The Morgan fingerprint density at radius 3 is 2.65 bits per heavy atom. The van der Waals surface area contributed by atoms with Gasteiger partial charge in [-0.25, -0.2) is 8.42 Å². The van der Waals surface area contributed by atoms with E-state index in [0.717, 1.165) is 32.2 Å². The summed E-state index contributed by atoms with van der Waals surface area (Å²) in [5, 5.41) is 0. The van der Waals surface area contributed by atoms with Gasteiger partial charge in [-0.05, 0) is 59.8 Å². The van der Waals surface area contributed by atoms with Gasteiger partial charge in [0.2, 0.25) is 10.0 Å². The van der Waals surface area contributed by atoms with Crippen LogP contribution < -0.4 is 0 Å². The highest BCUT2D eigenvalue weighted by atomic mass is 79.9. The summed E-state index contributed by atoms with van der Waals surface area (Å²) in [6, 6.07) is 5.11. The van der Waals surface area contributed by atoms with Crippen LogP contribution in [0, 0.1) is 0 Å². The van der Waals surface area contributed by atoms with E-state index in [9.17, 15) is 13.2 Å². The van der Waals surface area contributed by atoms with E-state index in [2.05, 4.69) is 22.9 Å². The van der Waals surface area contributed by atoms with Crippen LogP contribution in [-0.4, -0.2) is 62.4 Å². The Bertz CT molecular complexity index is 762. The zero-order valence-electron chi connectivity index (χ0n) is 15.0. The average molecular weight is 445 g/mol. The van der Waals surface area contributed by atoms with Crippen LogP contribution in [-0.2, 0) is 14.8 Å². The second-order valence-electron chi connectivity index (χ2n) is 6.72. The molecule has 6 nitrogen and oxygen atoms in total. The van der Waals surface area contributed by atoms with Crippen molar-refractivity contribution in [3.05, 3.63) is 28.2 Å². The maximum absolute atomic E-state index is 13.0. The number of likely N-dealkylation sites (tertiary alicyclic amines) is 1. The zero-order chi connectivity index (χ0) is 18.7. The molecule has 26 heavy (non-hydrogen) atoms. The summed E-state index contributed by atoms with van der Waals surface area (Å²) in [5.41, 5.74) is 0.431. The van der Waals surface area contributed by atoms with E-state index >= 15 is 0 Å². The summed E-state index contributed by atoms with van der Waals surface area (Å²) >= 11 is 3.34. The van der Waals surface area contributed by atoms with Gasteiger partial charge in [-0.3, -0.25) is 4.79 Å². The van der Waals surface area contributed by atoms with Crippen molar-refractivity contribution in [3.63, 3.8) is 0 Å². The molecule has 0 saturated carbocycles. The van der Waals surface area contributed by atoms with Gasteiger partial charge in [0.05, 0.1) is 18.1 Å². The SMILES string of the molecule is CCC1CCCCN1C(=O)c1ccc(Br)c(S(=O)(=O)N2CCOCC2)c1. The molecule has 0 radical (unpaired) electrons. The van der Waals surface area contributed by atoms with Crippen LogP contribution in [0.4, 0.5) is 0 Å². The van der Waals surface area contributed by atoms with Gasteiger partial charge < -0.3 is 9.64 Å². The van der Waals surface area contributed by atoms with Crippen LogP contribution in [0.5, 0.6) is 0 Å². The van der Waals surface area contributed by atoms with E-state index in [1.165, 1.54) is 10.4 Å². The number of rotatable bonds is 4. The van der Waals surface area contributed by atoms with Crippen LogP contribution >= 0.6 is 15.9 Å². The predicted octanol–water partition coefficient (Wildman–Crippen LogP) is 2.87. The lowest BCUT2D eigenvalue weighted by Gasteiger charge is -2.35. The molecule has 1 aromatic carbocycles. The third kappa shape index (κ3) is 3.98. The van der Waals surface area contributed by atoms with Crippen molar-refractivity contribution < 1.29 is 17.9 Å². The minimum Gasteiger partial charge on any atom is -0.379 e. The van der Waals surface area contributed by atoms with E-state index in [0.29, 0.717) is 36.3 Å². The van der Waals surface area contributed by atoms with Gasteiger partial charge in [0.15, 0.2) is 0 Å². The summed E-state index contributed by atoms with van der Waals surface area (Å²) in [6.07, 6.45) is 4.07. The number of carbonyl (C=O) groups is 1. The lowest BCUT2D eigenvalue weighted by molar-refractivity contribution is 0.0607. The molecular weight excluding hydrogens is 420 g/mol. The Balaban J connectivity index is 1.91. The quantitative estimate of drug-likeness (QED) is 0.715. The minimum absolute atomic E-state index is 0.0810. The van der Waals surface area contributed by atoms with Crippen LogP contribution in [0.25, 0.3) is 0 Å². The maximum Gasteiger partial charge on any atom is 0.254 e. The highest BCUT2D eigenvalue weighted by molar-refractivity contribution is 9.10. The molecule has 3 rings (SSSR count). The molecule has 0 N–H and O–H groups in total. The number of amides is 1. The maximum atomic E-state index is 13.0. The van der Waals surface area contributed by atoms with Crippen molar-refractivity contribution >= 4 is 31.9 Å². The average Bonchev–Trinajstić information content (AvgIpc) is 2.68.